The van der Waals surface area contributed by atoms with Crippen molar-refractivity contribution in [1.29, 1.82) is 0 Å². The zero-order valence-electron chi connectivity index (χ0n) is 13.4. The highest BCUT2D eigenvalue weighted by Gasteiger charge is 2.21. The van der Waals surface area contributed by atoms with Crippen molar-refractivity contribution in [1.82, 2.24) is 0 Å². The van der Waals surface area contributed by atoms with E-state index in [4.69, 9.17) is 4.74 Å². The van der Waals surface area contributed by atoms with Gasteiger partial charge in [-0.2, -0.15) is 0 Å². The van der Waals surface area contributed by atoms with Crippen LogP contribution in [0.3, 0.4) is 0 Å². The van der Waals surface area contributed by atoms with Crippen LogP contribution in [-0.4, -0.2) is 7.11 Å². The Balaban J connectivity index is 1.94. The number of methoxy groups -OCH3 is 1. The van der Waals surface area contributed by atoms with Gasteiger partial charge < -0.3 is 4.74 Å². The SMILES string of the molecule is COCc1cc(C)c2c3c(ccc2c1)C1=C(CCC=C1)CC3. The fraction of sp³-hybridized carbons (Fsp3) is 0.333. The molecule has 0 bridgehead atoms. The summed E-state index contributed by atoms with van der Waals surface area (Å²) < 4.78 is 5.30. The van der Waals surface area contributed by atoms with Crippen molar-refractivity contribution in [3.63, 3.8) is 0 Å². The average Bonchev–Trinajstić information content (AvgIpc) is 2.54. The van der Waals surface area contributed by atoms with Crippen LogP contribution in [-0.2, 0) is 17.8 Å². The Morgan fingerprint density at radius 2 is 2.00 bits per heavy atom. The van der Waals surface area contributed by atoms with Gasteiger partial charge in [-0.05, 0) is 77.3 Å². The Bertz CT molecular complexity index is 808. The Kier molecular flexibility index (Phi) is 3.38. The summed E-state index contributed by atoms with van der Waals surface area (Å²) in [5, 5.41) is 2.82. The smallest absolute Gasteiger partial charge is 0.0713 e. The zero-order chi connectivity index (χ0) is 15.1. The highest BCUT2D eigenvalue weighted by Crippen LogP contribution is 2.40. The molecule has 2 aliphatic rings. The Morgan fingerprint density at radius 3 is 2.86 bits per heavy atom. The average molecular weight is 290 g/mol. The number of aryl methyl sites for hydroxylation is 2. The fourth-order valence-electron chi connectivity index (χ4n) is 4.13. The largest absolute Gasteiger partial charge is 0.380 e. The molecular weight excluding hydrogens is 268 g/mol. The van der Waals surface area contributed by atoms with Crippen molar-refractivity contribution in [2.45, 2.75) is 39.2 Å². The summed E-state index contributed by atoms with van der Waals surface area (Å²) in [4.78, 5) is 0. The Morgan fingerprint density at radius 1 is 1.09 bits per heavy atom. The second kappa shape index (κ2) is 5.40. The van der Waals surface area contributed by atoms with E-state index in [1.54, 1.807) is 18.2 Å². The van der Waals surface area contributed by atoms with Gasteiger partial charge in [0.1, 0.15) is 0 Å². The first kappa shape index (κ1) is 13.8. The van der Waals surface area contributed by atoms with Gasteiger partial charge in [0.2, 0.25) is 0 Å². The number of hydrogen-bond acceptors (Lipinski definition) is 1. The highest BCUT2D eigenvalue weighted by molar-refractivity contribution is 5.96. The topological polar surface area (TPSA) is 9.23 Å². The first-order chi connectivity index (χ1) is 10.8. The van der Waals surface area contributed by atoms with E-state index in [-0.39, 0.29) is 0 Å². The van der Waals surface area contributed by atoms with Crippen LogP contribution in [0.25, 0.3) is 16.3 Å². The molecule has 0 atom stereocenters. The summed E-state index contributed by atoms with van der Waals surface area (Å²) in [5.74, 6) is 0. The predicted octanol–water partition coefficient (Wildman–Crippen LogP) is 5.34. The third-order valence-corrected chi connectivity index (χ3v) is 5.04. The number of rotatable bonds is 2. The number of hydrogen-bond donors (Lipinski definition) is 0. The van der Waals surface area contributed by atoms with Crippen LogP contribution >= 0.6 is 0 Å². The minimum atomic E-state index is 0.686. The molecular formula is C21H22O. The molecule has 2 aromatic carbocycles. The molecule has 1 nitrogen and oxygen atoms in total. The maximum absolute atomic E-state index is 5.30. The van der Waals surface area contributed by atoms with Crippen molar-refractivity contribution in [2.75, 3.05) is 7.11 Å². The van der Waals surface area contributed by atoms with Gasteiger partial charge in [0, 0.05) is 7.11 Å². The van der Waals surface area contributed by atoms with E-state index >= 15 is 0 Å². The molecule has 0 heterocycles. The summed E-state index contributed by atoms with van der Waals surface area (Å²) >= 11 is 0. The maximum atomic E-state index is 5.30. The number of fused-ring (bicyclic) bond motifs is 4. The summed E-state index contributed by atoms with van der Waals surface area (Å²) in [6.07, 6.45) is 9.54. The van der Waals surface area contributed by atoms with Crippen molar-refractivity contribution in [3.05, 3.63) is 64.2 Å². The van der Waals surface area contributed by atoms with Crippen LogP contribution in [0.5, 0.6) is 0 Å². The Hall–Kier alpha value is -1.86. The van der Waals surface area contributed by atoms with Gasteiger partial charge >= 0.3 is 0 Å². The van der Waals surface area contributed by atoms with Gasteiger partial charge in [-0.3, -0.25) is 0 Å². The lowest BCUT2D eigenvalue weighted by Crippen LogP contribution is -2.07. The lowest BCUT2D eigenvalue weighted by Gasteiger charge is -2.26. The van der Waals surface area contributed by atoms with E-state index in [0.29, 0.717) is 6.61 Å². The van der Waals surface area contributed by atoms with Crippen LogP contribution in [0, 0.1) is 6.92 Å². The third-order valence-electron chi connectivity index (χ3n) is 5.04. The minimum absolute atomic E-state index is 0.686. The van der Waals surface area contributed by atoms with Crippen LogP contribution in [0.1, 0.15) is 41.5 Å². The molecule has 2 aliphatic carbocycles. The number of ether oxygens (including phenoxy) is 1. The van der Waals surface area contributed by atoms with E-state index in [9.17, 15) is 0 Å². The summed E-state index contributed by atoms with van der Waals surface area (Å²) in [7, 11) is 1.76. The molecule has 0 aliphatic heterocycles. The van der Waals surface area contributed by atoms with Gasteiger partial charge in [-0.1, -0.05) is 35.9 Å². The quantitative estimate of drug-likeness (QED) is 0.725. The summed E-state index contributed by atoms with van der Waals surface area (Å²) in [6.45, 7) is 2.92. The molecule has 0 aromatic heterocycles. The predicted molar refractivity (Wildman–Crippen MR) is 93.0 cm³/mol. The van der Waals surface area contributed by atoms with E-state index in [0.717, 1.165) is 0 Å². The maximum Gasteiger partial charge on any atom is 0.0713 e. The lowest BCUT2D eigenvalue weighted by molar-refractivity contribution is 0.185. The van der Waals surface area contributed by atoms with Crippen LogP contribution in [0.2, 0.25) is 0 Å². The molecule has 0 spiro atoms. The normalized spacial score (nSPS) is 16.8. The molecule has 0 unspecified atom stereocenters. The van der Waals surface area contributed by atoms with Gasteiger partial charge in [0.05, 0.1) is 6.61 Å². The van der Waals surface area contributed by atoms with E-state index in [1.165, 1.54) is 58.7 Å². The Labute approximate surface area is 132 Å². The molecule has 0 amide bonds. The lowest BCUT2D eigenvalue weighted by atomic mass is 9.79. The van der Waals surface area contributed by atoms with Gasteiger partial charge in [0.25, 0.3) is 0 Å². The molecule has 0 radical (unpaired) electrons. The number of allylic oxidation sites excluding steroid dienone is 4. The first-order valence-corrected chi connectivity index (χ1v) is 8.21. The molecule has 22 heavy (non-hydrogen) atoms. The van der Waals surface area contributed by atoms with Gasteiger partial charge in [-0.15, -0.1) is 0 Å². The number of benzene rings is 2. The molecule has 112 valence electrons. The zero-order valence-corrected chi connectivity index (χ0v) is 13.4. The third kappa shape index (κ3) is 2.12. The summed E-state index contributed by atoms with van der Waals surface area (Å²) in [5.41, 5.74) is 8.81. The summed E-state index contributed by atoms with van der Waals surface area (Å²) in [6, 6.07) is 9.19. The second-order valence-corrected chi connectivity index (χ2v) is 6.49. The molecule has 2 aromatic rings. The van der Waals surface area contributed by atoms with Gasteiger partial charge in [-0.25, -0.2) is 0 Å². The molecule has 4 rings (SSSR count). The molecule has 0 saturated heterocycles. The monoisotopic (exact) mass is 290 g/mol. The van der Waals surface area contributed by atoms with E-state index in [2.05, 4.69) is 43.3 Å². The minimum Gasteiger partial charge on any atom is -0.380 e. The first-order valence-electron chi connectivity index (χ1n) is 8.21. The van der Waals surface area contributed by atoms with Crippen molar-refractivity contribution in [3.8, 4) is 0 Å². The van der Waals surface area contributed by atoms with Crippen molar-refractivity contribution >= 4 is 16.3 Å². The van der Waals surface area contributed by atoms with Crippen LogP contribution in [0.4, 0.5) is 0 Å². The van der Waals surface area contributed by atoms with E-state index < -0.39 is 0 Å². The molecule has 0 saturated carbocycles. The highest BCUT2D eigenvalue weighted by atomic mass is 16.5. The van der Waals surface area contributed by atoms with Crippen LogP contribution in [0.15, 0.2) is 42.0 Å². The molecule has 1 heteroatoms. The fourth-order valence-corrected chi connectivity index (χ4v) is 4.13. The van der Waals surface area contributed by atoms with E-state index in [1.807, 2.05) is 0 Å². The molecule has 0 N–H and O–H groups in total. The molecule has 0 fully saturated rings. The van der Waals surface area contributed by atoms with Crippen molar-refractivity contribution < 1.29 is 4.74 Å². The second-order valence-electron chi connectivity index (χ2n) is 6.49. The van der Waals surface area contributed by atoms with Gasteiger partial charge in [0.15, 0.2) is 0 Å². The van der Waals surface area contributed by atoms with Crippen LogP contribution < -0.4 is 0 Å². The van der Waals surface area contributed by atoms with Crippen molar-refractivity contribution in [2.24, 2.45) is 0 Å². The standard InChI is InChI=1S/C21H22O/c1-14-11-15(13-22-2)12-17-8-9-19-18-6-4-3-5-16(18)7-10-20(19)21(14)17/h4,6,8-9,11-12H,3,5,7,10,13H2,1-2H3.